The zero-order valence-electron chi connectivity index (χ0n) is 25.0. The summed E-state index contributed by atoms with van der Waals surface area (Å²) in [6, 6.07) is 25.8. The number of hydrogen-bond acceptors (Lipinski definition) is 10. The molecule has 236 valence electrons. The summed E-state index contributed by atoms with van der Waals surface area (Å²) in [6.07, 6.45) is -3.12. The van der Waals surface area contributed by atoms with Crippen molar-refractivity contribution in [1.82, 2.24) is 9.55 Å². The Kier molecular flexibility index (Phi) is 10.2. The Hall–Kier alpha value is -4.20. The molecule has 0 amide bonds. The molecule has 2 heterocycles. The zero-order chi connectivity index (χ0) is 32.0. The molecule has 5 rings (SSSR count). The van der Waals surface area contributed by atoms with Crippen LogP contribution in [0.5, 0.6) is 11.5 Å². The smallest absolute Gasteiger partial charge is 0.330 e. The summed E-state index contributed by atoms with van der Waals surface area (Å²) in [5.74, 6) is 1.26. The lowest BCUT2D eigenvalue weighted by molar-refractivity contribution is -0.109. The molecule has 0 bridgehead atoms. The van der Waals surface area contributed by atoms with Gasteiger partial charge in [-0.25, -0.2) is 4.79 Å². The number of methoxy groups -OCH3 is 2. The number of aliphatic hydroxyl groups is 1. The third-order valence-corrected chi connectivity index (χ3v) is 8.26. The topological polar surface area (TPSA) is 138 Å². The quantitative estimate of drug-likeness (QED) is 0.176. The van der Waals surface area contributed by atoms with Gasteiger partial charge in [-0.05, 0) is 41.0 Å². The monoisotopic (exact) mass is 634 g/mol. The number of aromatic nitrogens is 2. The SMILES string of the molecule is COc1ccc(C(OC[C@H]2O[C@@H](n3ccc(=O)[nH]c3=O)[C@H](OCSC(C)=O)[C@@H]2O)(c2ccccc2)c2ccc(OC)cc2)cc1. The first kappa shape index (κ1) is 32.2. The average Bonchev–Trinajstić information content (AvgIpc) is 3.36. The minimum absolute atomic E-state index is 0.0751. The van der Waals surface area contributed by atoms with Crippen LogP contribution in [0, 0.1) is 0 Å². The Labute approximate surface area is 263 Å². The number of ether oxygens (including phenoxy) is 5. The van der Waals surface area contributed by atoms with E-state index in [1.165, 1.54) is 19.2 Å². The van der Waals surface area contributed by atoms with Crippen LogP contribution < -0.4 is 20.7 Å². The van der Waals surface area contributed by atoms with Gasteiger partial charge in [-0.2, -0.15) is 0 Å². The lowest BCUT2D eigenvalue weighted by Crippen LogP contribution is -2.41. The van der Waals surface area contributed by atoms with E-state index in [1.807, 2.05) is 78.9 Å². The van der Waals surface area contributed by atoms with Crippen molar-refractivity contribution in [1.29, 1.82) is 0 Å². The van der Waals surface area contributed by atoms with Gasteiger partial charge in [-0.1, -0.05) is 66.4 Å². The maximum atomic E-state index is 12.7. The highest BCUT2D eigenvalue weighted by molar-refractivity contribution is 8.13. The van der Waals surface area contributed by atoms with Crippen molar-refractivity contribution >= 4 is 16.9 Å². The fourth-order valence-corrected chi connectivity index (χ4v) is 5.76. The molecule has 4 atom stereocenters. The number of carbonyl (C=O) groups is 1. The number of benzene rings is 3. The van der Waals surface area contributed by atoms with Crippen molar-refractivity contribution in [2.45, 2.75) is 37.1 Å². The summed E-state index contributed by atoms with van der Waals surface area (Å²) in [4.78, 5) is 38.2. The molecule has 0 saturated carbocycles. The average molecular weight is 635 g/mol. The molecule has 1 saturated heterocycles. The predicted octanol–water partition coefficient (Wildman–Crippen LogP) is 3.44. The second-order valence-corrected chi connectivity index (χ2v) is 11.4. The molecule has 1 fully saturated rings. The van der Waals surface area contributed by atoms with Gasteiger partial charge in [0.2, 0.25) is 0 Å². The van der Waals surface area contributed by atoms with E-state index in [4.69, 9.17) is 23.7 Å². The second kappa shape index (κ2) is 14.3. The Bertz CT molecular complexity index is 1640. The van der Waals surface area contributed by atoms with Crippen LogP contribution in [0.1, 0.15) is 29.8 Å². The van der Waals surface area contributed by atoms with E-state index < -0.39 is 41.4 Å². The summed E-state index contributed by atoms with van der Waals surface area (Å²) in [6.45, 7) is 1.26. The van der Waals surface area contributed by atoms with Crippen LogP contribution in [0.25, 0.3) is 0 Å². The van der Waals surface area contributed by atoms with Crippen LogP contribution in [0.2, 0.25) is 0 Å². The fraction of sp³-hybridized carbons (Fsp3) is 0.303. The van der Waals surface area contributed by atoms with Crippen molar-refractivity contribution in [3.8, 4) is 11.5 Å². The number of hydrogen-bond donors (Lipinski definition) is 2. The zero-order valence-corrected chi connectivity index (χ0v) is 25.8. The van der Waals surface area contributed by atoms with Crippen molar-refractivity contribution in [2.24, 2.45) is 0 Å². The number of rotatable bonds is 12. The Balaban J connectivity index is 1.55. The molecule has 45 heavy (non-hydrogen) atoms. The van der Waals surface area contributed by atoms with Crippen molar-refractivity contribution < 1.29 is 33.6 Å². The number of nitrogens with zero attached hydrogens (tertiary/aromatic N) is 1. The second-order valence-electron chi connectivity index (χ2n) is 10.3. The first-order valence-electron chi connectivity index (χ1n) is 14.2. The summed E-state index contributed by atoms with van der Waals surface area (Å²) in [5, 5.41) is 11.3. The first-order chi connectivity index (χ1) is 21.8. The highest BCUT2D eigenvalue weighted by Crippen LogP contribution is 2.43. The summed E-state index contributed by atoms with van der Waals surface area (Å²) in [5.41, 5.74) is -0.115. The number of nitrogens with one attached hydrogen (secondary N) is 1. The van der Waals surface area contributed by atoms with Crippen LogP contribution in [-0.2, 0) is 24.6 Å². The van der Waals surface area contributed by atoms with E-state index in [2.05, 4.69) is 4.98 Å². The molecule has 0 aliphatic carbocycles. The van der Waals surface area contributed by atoms with Gasteiger partial charge in [-0.3, -0.25) is 19.1 Å². The maximum absolute atomic E-state index is 12.7. The highest BCUT2D eigenvalue weighted by atomic mass is 32.2. The largest absolute Gasteiger partial charge is 0.497 e. The minimum Gasteiger partial charge on any atom is -0.497 e. The third-order valence-electron chi connectivity index (χ3n) is 7.60. The number of carbonyl (C=O) groups excluding carboxylic acids is 1. The van der Waals surface area contributed by atoms with Crippen LogP contribution in [0.4, 0.5) is 0 Å². The molecule has 12 heteroatoms. The number of thioether (sulfide) groups is 1. The lowest BCUT2D eigenvalue weighted by Gasteiger charge is -2.37. The maximum Gasteiger partial charge on any atom is 0.330 e. The molecule has 0 spiro atoms. The van der Waals surface area contributed by atoms with Gasteiger partial charge < -0.3 is 28.8 Å². The van der Waals surface area contributed by atoms with Crippen molar-refractivity contribution in [3.63, 3.8) is 0 Å². The predicted molar refractivity (Wildman–Crippen MR) is 168 cm³/mol. The molecular formula is C33H34N2O9S. The van der Waals surface area contributed by atoms with E-state index in [0.29, 0.717) is 11.5 Å². The van der Waals surface area contributed by atoms with E-state index in [1.54, 1.807) is 14.2 Å². The third kappa shape index (κ3) is 6.90. The molecule has 3 aromatic carbocycles. The van der Waals surface area contributed by atoms with E-state index >= 15 is 0 Å². The van der Waals surface area contributed by atoms with Crippen LogP contribution in [0.3, 0.4) is 0 Å². The highest BCUT2D eigenvalue weighted by Gasteiger charge is 2.48. The number of H-pyrrole nitrogens is 1. The first-order valence-corrected chi connectivity index (χ1v) is 15.1. The number of aromatic amines is 1. The number of aliphatic hydroxyl groups excluding tert-OH is 1. The van der Waals surface area contributed by atoms with Gasteiger partial charge >= 0.3 is 5.69 Å². The molecule has 11 nitrogen and oxygen atoms in total. The standard InChI is InChI=1S/C33H34N2O9S/c1-21(36)45-20-42-30-29(38)27(44-31(30)35-18-17-28(37)34-32(35)39)19-43-33(22-7-5-4-6-8-22,23-9-13-25(40-2)14-10-23)24-11-15-26(41-3)16-12-24/h4-18,27,29-31,38H,19-20H2,1-3H3,(H,34,37,39)/t27-,29-,30-,31-/m1/s1. The normalized spacial score (nSPS) is 19.7. The molecule has 1 aromatic heterocycles. The molecular weight excluding hydrogens is 600 g/mol. The lowest BCUT2D eigenvalue weighted by atomic mass is 9.80. The van der Waals surface area contributed by atoms with E-state index in [0.717, 1.165) is 33.0 Å². The van der Waals surface area contributed by atoms with Gasteiger partial charge in [0.05, 0.1) is 20.8 Å². The molecule has 0 unspecified atom stereocenters. The van der Waals surface area contributed by atoms with E-state index in [-0.39, 0.29) is 17.7 Å². The van der Waals surface area contributed by atoms with Gasteiger partial charge in [-0.15, -0.1) is 0 Å². The summed E-state index contributed by atoms with van der Waals surface area (Å²) < 4.78 is 31.0. The molecule has 4 aromatic rings. The van der Waals surface area contributed by atoms with Crippen LogP contribution >= 0.6 is 11.8 Å². The van der Waals surface area contributed by atoms with Gasteiger partial charge in [0.1, 0.15) is 41.4 Å². The minimum atomic E-state index is -1.26. The Morgan fingerprint density at radius 3 is 2.02 bits per heavy atom. The fourth-order valence-electron chi connectivity index (χ4n) is 5.36. The van der Waals surface area contributed by atoms with Gasteiger partial charge in [0, 0.05) is 19.2 Å². The molecule has 0 radical (unpaired) electrons. The van der Waals surface area contributed by atoms with Crippen molar-refractivity contribution in [2.75, 3.05) is 26.8 Å². The Morgan fingerprint density at radius 2 is 1.49 bits per heavy atom. The summed E-state index contributed by atoms with van der Waals surface area (Å²) in [7, 11) is 3.19. The van der Waals surface area contributed by atoms with Crippen LogP contribution in [0.15, 0.2) is 101 Å². The molecule has 1 aliphatic heterocycles. The molecule has 2 N–H and O–H groups in total. The Morgan fingerprint density at radius 1 is 0.911 bits per heavy atom. The van der Waals surface area contributed by atoms with Crippen molar-refractivity contribution in [3.05, 3.63) is 129 Å². The summed E-state index contributed by atoms with van der Waals surface area (Å²) >= 11 is 0.916. The van der Waals surface area contributed by atoms with Gasteiger partial charge in [0.25, 0.3) is 5.56 Å². The van der Waals surface area contributed by atoms with E-state index in [9.17, 15) is 19.5 Å². The van der Waals surface area contributed by atoms with Gasteiger partial charge in [0.15, 0.2) is 11.3 Å². The molecule has 1 aliphatic rings. The van der Waals surface area contributed by atoms with Crippen LogP contribution in [-0.4, -0.2) is 64.9 Å².